The van der Waals surface area contributed by atoms with Gasteiger partial charge in [0.1, 0.15) is 0 Å². The van der Waals surface area contributed by atoms with Crippen LogP contribution in [0.25, 0.3) is 22.4 Å². The molecule has 8 rings (SSSR count). The van der Waals surface area contributed by atoms with Crippen LogP contribution in [0.4, 0.5) is 0 Å². The van der Waals surface area contributed by atoms with Gasteiger partial charge in [0.25, 0.3) is 0 Å². The Balaban J connectivity index is 1.57. The maximum atomic E-state index is 4.62. The molecule has 29 heavy (non-hydrogen) atoms. The van der Waals surface area contributed by atoms with Gasteiger partial charge in [-0.05, 0) is 83.7 Å². The molecule has 0 aliphatic heterocycles. The molecule has 0 N–H and O–H groups in total. The lowest BCUT2D eigenvalue weighted by Gasteiger charge is -2.16. The highest BCUT2D eigenvalue weighted by Crippen LogP contribution is 2.30. The summed E-state index contributed by atoms with van der Waals surface area (Å²) in [4.78, 5) is 4.62. The monoisotopic (exact) mass is 375 g/mol. The van der Waals surface area contributed by atoms with Crippen molar-refractivity contribution in [2.24, 2.45) is 0 Å². The summed E-state index contributed by atoms with van der Waals surface area (Å²) in [5.74, 6) is 0. The predicted octanol–water partition coefficient (Wildman–Crippen LogP) is 6.61. The van der Waals surface area contributed by atoms with Gasteiger partial charge in [-0.25, -0.2) is 0 Å². The minimum absolute atomic E-state index is 1.03. The summed E-state index contributed by atoms with van der Waals surface area (Å²) in [7, 11) is 0. The molecule has 0 saturated heterocycles. The molecule has 0 spiro atoms. The van der Waals surface area contributed by atoms with Gasteiger partial charge in [-0.15, -0.1) is 0 Å². The lowest BCUT2D eigenvalue weighted by molar-refractivity contribution is 0.914. The zero-order chi connectivity index (χ0) is 19.6. The first-order valence-electron chi connectivity index (χ1n) is 10.5. The zero-order valence-corrected chi connectivity index (χ0v) is 16.9. The molecule has 0 unspecified atom stereocenters. The first kappa shape index (κ1) is 17.9. The van der Waals surface area contributed by atoms with Gasteiger partial charge in [0.05, 0.1) is 5.69 Å². The lowest BCUT2D eigenvalue weighted by atomic mass is 9.89. The second-order valence-electron chi connectivity index (χ2n) is 8.05. The van der Waals surface area contributed by atoms with Gasteiger partial charge in [-0.1, -0.05) is 66.7 Å². The molecule has 1 heterocycles. The van der Waals surface area contributed by atoms with Crippen LogP contribution < -0.4 is 0 Å². The summed E-state index contributed by atoms with van der Waals surface area (Å²) in [6.07, 6.45) is 6.24. The molecule has 1 aromatic heterocycles. The second kappa shape index (κ2) is 7.67. The van der Waals surface area contributed by atoms with Gasteiger partial charge in [-0.3, -0.25) is 4.98 Å². The van der Waals surface area contributed by atoms with Crippen LogP contribution in [0.2, 0.25) is 0 Å². The molecule has 1 heteroatoms. The lowest BCUT2D eigenvalue weighted by Crippen LogP contribution is -2.02. The van der Waals surface area contributed by atoms with Crippen LogP contribution >= 0.6 is 0 Å². The van der Waals surface area contributed by atoms with E-state index in [9.17, 15) is 0 Å². The van der Waals surface area contributed by atoms with Crippen molar-refractivity contribution in [3.63, 3.8) is 0 Å². The highest BCUT2D eigenvalue weighted by atomic mass is 14.7. The summed E-state index contributed by atoms with van der Waals surface area (Å²) in [6, 6.07) is 28.9. The maximum absolute atomic E-state index is 4.62. The Bertz CT molecular complexity index is 1160. The van der Waals surface area contributed by atoms with E-state index < -0.39 is 0 Å². The average molecular weight is 376 g/mol. The van der Waals surface area contributed by atoms with E-state index in [2.05, 4.69) is 84.7 Å². The van der Waals surface area contributed by atoms with Crippen LogP contribution in [0.3, 0.4) is 0 Å². The Labute approximate surface area is 173 Å². The van der Waals surface area contributed by atoms with Gasteiger partial charge >= 0.3 is 0 Å². The fourth-order valence-electron chi connectivity index (χ4n) is 4.38. The molecule has 0 amide bonds. The minimum atomic E-state index is 1.03. The molecule has 1 nitrogen and oxygen atoms in total. The maximum Gasteiger partial charge on any atom is 0.0708 e. The first-order chi connectivity index (χ1) is 14.3. The van der Waals surface area contributed by atoms with E-state index in [1.165, 1.54) is 38.9 Å². The highest BCUT2D eigenvalue weighted by molar-refractivity contribution is 5.73. The Hall–Kier alpha value is -3.19. The molecule has 4 aliphatic rings. The van der Waals surface area contributed by atoms with E-state index in [0.29, 0.717) is 0 Å². The minimum Gasteiger partial charge on any atom is -0.256 e. The molecule has 0 saturated carbocycles. The van der Waals surface area contributed by atoms with Gasteiger partial charge in [0.2, 0.25) is 0 Å². The summed E-state index contributed by atoms with van der Waals surface area (Å²) in [5.41, 5.74) is 12.0. The van der Waals surface area contributed by atoms with Crippen molar-refractivity contribution in [3.05, 3.63) is 113 Å². The van der Waals surface area contributed by atoms with Crippen molar-refractivity contribution >= 4 is 0 Å². The first-order valence-corrected chi connectivity index (χ1v) is 10.5. The van der Waals surface area contributed by atoms with Crippen LogP contribution in [0.5, 0.6) is 0 Å². The Morgan fingerprint density at radius 2 is 1.34 bits per heavy atom. The summed E-state index contributed by atoms with van der Waals surface area (Å²) in [6.45, 7) is 2.25. The van der Waals surface area contributed by atoms with Crippen molar-refractivity contribution < 1.29 is 0 Å². The molecule has 4 bridgehead atoms. The third kappa shape index (κ3) is 3.73. The summed E-state index contributed by atoms with van der Waals surface area (Å²) >= 11 is 0. The Morgan fingerprint density at radius 1 is 0.621 bits per heavy atom. The molecular formula is C28H25N. The van der Waals surface area contributed by atoms with Crippen LogP contribution in [-0.4, -0.2) is 4.98 Å². The van der Waals surface area contributed by atoms with E-state index in [1.807, 2.05) is 12.3 Å². The summed E-state index contributed by atoms with van der Waals surface area (Å²) in [5, 5.41) is 0. The van der Waals surface area contributed by atoms with Crippen molar-refractivity contribution in [2.45, 2.75) is 32.6 Å². The summed E-state index contributed by atoms with van der Waals surface area (Å²) < 4.78 is 0. The average Bonchev–Trinajstić information content (AvgIpc) is 2.76. The number of pyridine rings is 1. The quantitative estimate of drug-likeness (QED) is 0.384. The SMILES string of the molecule is Cc1cc2ccc1CCc1ccc(c(-c3ccnc(-c4ccccc4)c3)c1)CC2. The molecule has 142 valence electrons. The molecule has 0 fully saturated rings. The molecule has 0 radical (unpaired) electrons. The van der Waals surface area contributed by atoms with Gasteiger partial charge in [0, 0.05) is 11.8 Å². The normalized spacial score (nSPS) is 13.1. The van der Waals surface area contributed by atoms with Crippen LogP contribution in [0, 0.1) is 6.92 Å². The van der Waals surface area contributed by atoms with Crippen LogP contribution in [-0.2, 0) is 25.7 Å². The van der Waals surface area contributed by atoms with Crippen molar-refractivity contribution in [1.82, 2.24) is 4.98 Å². The van der Waals surface area contributed by atoms with Crippen molar-refractivity contribution in [2.75, 3.05) is 0 Å². The molecular weight excluding hydrogens is 350 g/mol. The number of aromatic nitrogens is 1. The highest BCUT2D eigenvalue weighted by Gasteiger charge is 2.12. The topological polar surface area (TPSA) is 12.9 Å². The fourth-order valence-corrected chi connectivity index (χ4v) is 4.38. The van der Waals surface area contributed by atoms with E-state index >= 15 is 0 Å². The van der Waals surface area contributed by atoms with Crippen LogP contribution in [0.15, 0.2) is 85.1 Å². The van der Waals surface area contributed by atoms with Gasteiger partial charge in [-0.2, -0.15) is 0 Å². The number of hydrogen-bond acceptors (Lipinski definition) is 1. The van der Waals surface area contributed by atoms with Crippen LogP contribution in [0.1, 0.15) is 27.8 Å². The van der Waals surface area contributed by atoms with E-state index in [1.54, 1.807) is 0 Å². The third-order valence-corrected chi connectivity index (χ3v) is 6.09. The second-order valence-corrected chi connectivity index (χ2v) is 8.05. The largest absolute Gasteiger partial charge is 0.256 e. The number of aryl methyl sites for hydroxylation is 5. The third-order valence-electron chi connectivity index (χ3n) is 6.09. The number of benzene rings is 3. The molecule has 3 aromatic carbocycles. The number of rotatable bonds is 2. The molecule has 4 aliphatic carbocycles. The zero-order valence-electron chi connectivity index (χ0n) is 16.9. The molecule has 0 atom stereocenters. The smallest absolute Gasteiger partial charge is 0.0708 e. The number of hydrogen-bond donors (Lipinski definition) is 0. The molecule has 4 aromatic rings. The van der Waals surface area contributed by atoms with E-state index in [4.69, 9.17) is 0 Å². The van der Waals surface area contributed by atoms with Gasteiger partial charge in [0.15, 0.2) is 0 Å². The van der Waals surface area contributed by atoms with Gasteiger partial charge < -0.3 is 0 Å². The van der Waals surface area contributed by atoms with E-state index in [0.717, 1.165) is 36.9 Å². The van der Waals surface area contributed by atoms with Crippen molar-refractivity contribution in [1.29, 1.82) is 0 Å². The number of nitrogens with zero attached hydrogens (tertiary/aromatic N) is 1. The standard InChI is InChI=1S/C28H25N/c1-20-17-21-7-11-23(20)12-8-22-10-14-24(13-9-21)27(18-22)26-15-16-29-28(19-26)25-5-3-2-4-6-25/h2-7,10-11,14-19H,8-9,12-13H2,1H3. The van der Waals surface area contributed by atoms with E-state index in [-0.39, 0.29) is 0 Å². The fraction of sp³-hybridized carbons (Fsp3) is 0.179. The Kier molecular flexibility index (Phi) is 4.73. The van der Waals surface area contributed by atoms with Crippen molar-refractivity contribution in [3.8, 4) is 22.4 Å². The predicted molar refractivity (Wildman–Crippen MR) is 121 cm³/mol. The Morgan fingerprint density at radius 3 is 2.14 bits per heavy atom.